The monoisotopic (exact) mass is 330 g/mol. The quantitative estimate of drug-likeness (QED) is 0.845. The molecule has 0 radical (unpaired) electrons. The molecule has 3 rings (SSSR count). The van der Waals surface area contributed by atoms with Crippen molar-refractivity contribution in [2.24, 2.45) is 0 Å². The molecule has 1 amide bonds. The van der Waals surface area contributed by atoms with Gasteiger partial charge in [0, 0.05) is 32.7 Å². The van der Waals surface area contributed by atoms with E-state index in [0.29, 0.717) is 0 Å². The van der Waals surface area contributed by atoms with Crippen LogP contribution in [0.2, 0.25) is 0 Å². The Morgan fingerprint density at radius 1 is 1.17 bits per heavy atom. The molecule has 1 aliphatic heterocycles. The Balaban J connectivity index is 1.47. The van der Waals surface area contributed by atoms with Crippen molar-refractivity contribution in [2.45, 2.75) is 19.6 Å². The fourth-order valence-electron chi connectivity index (χ4n) is 2.78. The molecule has 0 bridgehead atoms. The highest BCUT2D eigenvalue weighted by atomic mass is 32.1. The fourth-order valence-corrected chi connectivity index (χ4v) is 3.44. The van der Waals surface area contributed by atoms with Gasteiger partial charge in [0.25, 0.3) is 5.91 Å². The number of nitrogens with zero attached hydrogens (tertiary/aromatic N) is 2. The highest BCUT2D eigenvalue weighted by molar-refractivity contribution is 7.07. The third-order valence-electron chi connectivity index (χ3n) is 4.07. The summed E-state index contributed by atoms with van der Waals surface area (Å²) in [6.45, 7) is 6.17. The van der Waals surface area contributed by atoms with E-state index >= 15 is 0 Å². The van der Waals surface area contributed by atoms with Crippen LogP contribution < -0.4 is 4.74 Å². The normalized spacial score (nSPS) is 17.0. The number of hydrogen-bond acceptors (Lipinski definition) is 4. The van der Waals surface area contributed by atoms with E-state index in [2.05, 4.69) is 21.7 Å². The lowest BCUT2D eigenvalue weighted by Gasteiger charge is -2.35. The second-order valence-corrected chi connectivity index (χ2v) is 6.59. The van der Waals surface area contributed by atoms with Crippen LogP contribution in [0, 0.1) is 0 Å². The molecular weight excluding hydrogens is 308 g/mol. The molecule has 122 valence electrons. The van der Waals surface area contributed by atoms with E-state index in [1.165, 1.54) is 5.56 Å². The maximum Gasteiger partial charge on any atom is 0.263 e. The van der Waals surface area contributed by atoms with Gasteiger partial charge in [0.2, 0.25) is 0 Å². The van der Waals surface area contributed by atoms with Gasteiger partial charge in [0.1, 0.15) is 5.75 Å². The number of amides is 1. The number of carbonyl (C=O) groups excluding carboxylic acids is 1. The lowest BCUT2D eigenvalue weighted by molar-refractivity contribution is -0.139. The van der Waals surface area contributed by atoms with Gasteiger partial charge in [-0.3, -0.25) is 9.69 Å². The maximum atomic E-state index is 12.5. The summed E-state index contributed by atoms with van der Waals surface area (Å²) < 4.78 is 5.74. The van der Waals surface area contributed by atoms with E-state index in [9.17, 15) is 4.79 Å². The standard InChI is InChI=1S/C18H22N2O2S/c1-15(22-17-5-3-2-4-6-17)18(21)20-10-8-19(9-11-20)13-16-7-12-23-14-16/h2-7,12,14-15H,8-11,13H2,1H3. The zero-order valence-electron chi connectivity index (χ0n) is 13.4. The van der Waals surface area contributed by atoms with Crippen molar-refractivity contribution in [1.82, 2.24) is 9.80 Å². The number of ether oxygens (including phenoxy) is 1. The predicted octanol–water partition coefficient (Wildman–Crippen LogP) is 2.86. The number of piperazine rings is 1. The molecule has 1 aromatic heterocycles. The molecule has 1 aromatic carbocycles. The van der Waals surface area contributed by atoms with Gasteiger partial charge in [-0.25, -0.2) is 0 Å². The number of thiophene rings is 1. The zero-order chi connectivity index (χ0) is 16.1. The molecule has 4 nitrogen and oxygen atoms in total. The molecule has 0 aliphatic carbocycles. The van der Waals surface area contributed by atoms with E-state index in [-0.39, 0.29) is 5.91 Å². The Morgan fingerprint density at radius 2 is 1.91 bits per heavy atom. The minimum absolute atomic E-state index is 0.0732. The van der Waals surface area contributed by atoms with Crippen molar-refractivity contribution < 1.29 is 9.53 Å². The van der Waals surface area contributed by atoms with Crippen LogP contribution in [0.15, 0.2) is 47.2 Å². The Kier molecular flexibility index (Phi) is 5.31. The molecule has 23 heavy (non-hydrogen) atoms. The highest BCUT2D eigenvalue weighted by Crippen LogP contribution is 2.15. The largest absolute Gasteiger partial charge is 0.481 e. The maximum absolute atomic E-state index is 12.5. The van der Waals surface area contributed by atoms with Crippen LogP contribution in [-0.4, -0.2) is 48.0 Å². The van der Waals surface area contributed by atoms with Gasteiger partial charge in [0.15, 0.2) is 6.10 Å². The summed E-state index contributed by atoms with van der Waals surface area (Å²) >= 11 is 1.73. The van der Waals surface area contributed by atoms with Gasteiger partial charge < -0.3 is 9.64 Å². The Morgan fingerprint density at radius 3 is 2.57 bits per heavy atom. The van der Waals surface area contributed by atoms with Gasteiger partial charge in [-0.05, 0) is 41.4 Å². The predicted molar refractivity (Wildman–Crippen MR) is 92.7 cm³/mol. The lowest BCUT2D eigenvalue weighted by Crippen LogP contribution is -2.51. The summed E-state index contributed by atoms with van der Waals surface area (Å²) in [5.41, 5.74) is 1.36. The van der Waals surface area contributed by atoms with Crippen molar-refractivity contribution in [1.29, 1.82) is 0 Å². The first-order chi connectivity index (χ1) is 11.2. The number of carbonyl (C=O) groups is 1. The van der Waals surface area contributed by atoms with Crippen molar-refractivity contribution in [2.75, 3.05) is 26.2 Å². The minimum Gasteiger partial charge on any atom is -0.481 e. The van der Waals surface area contributed by atoms with Crippen LogP contribution in [0.1, 0.15) is 12.5 Å². The van der Waals surface area contributed by atoms with E-state index in [1.807, 2.05) is 42.2 Å². The molecule has 5 heteroatoms. The van der Waals surface area contributed by atoms with Crippen molar-refractivity contribution in [3.8, 4) is 5.75 Å². The molecule has 0 saturated carbocycles. The first kappa shape index (κ1) is 16.0. The van der Waals surface area contributed by atoms with Crippen LogP contribution in [-0.2, 0) is 11.3 Å². The molecule has 0 spiro atoms. The summed E-state index contributed by atoms with van der Waals surface area (Å²) in [5.74, 6) is 0.813. The molecule has 1 fully saturated rings. The number of hydrogen-bond donors (Lipinski definition) is 0. The molecule has 2 aromatic rings. The summed E-state index contributed by atoms with van der Waals surface area (Å²) in [6, 6.07) is 11.7. The van der Waals surface area contributed by atoms with Crippen LogP contribution in [0.4, 0.5) is 0 Å². The summed E-state index contributed by atoms with van der Waals surface area (Å²) in [5, 5.41) is 4.30. The smallest absolute Gasteiger partial charge is 0.263 e. The van der Waals surface area contributed by atoms with Gasteiger partial charge in [-0.15, -0.1) is 0 Å². The number of benzene rings is 1. The summed E-state index contributed by atoms with van der Waals surface area (Å²) in [4.78, 5) is 16.8. The first-order valence-electron chi connectivity index (χ1n) is 7.96. The molecule has 1 saturated heterocycles. The summed E-state index contributed by atoms with van der Waals surface area (Å²) in [6.07, 6.45) is -0.444. The molecule has 1 unspecified atom stereocenters. The second-order valence-electron chi connectivity index (χ2n) is 5.81. The number of rotatable bonds is 5. The zero-order valence-corrected chi connectivity index (χ0v) is 14.2. The van der Waals surface area contributed by atoms with E-state index < -0.39 is 6.10 Å². The van der Waals surface area contributed by atoms with E-state index in [0.717, 1.165) is 38.5 Å². The fraction of sp³-hybridized carbons (Fsp3) is 0.389. The minimum atomic E-state index is -0.444. The second kappa shape index (κ2) is 7.62. The van der Waals surface area contributed by atoms with Gasteiger partial charge in [-0.1, -0.05) is 18.2 Å². The van der Waals surface area contributed by atoms with E-state index in [1.54, 1.807) is 11.3 Å². The van der Waals surface area contributed by atoms with Crippen LogP contribution >= 0.6 is 11.3 Å². The molecule has 1 aliphatic rings. The highest BCUT2D eigenvalue weighted by Gasteiger charge is 2.26. The molecule has 1 atom stereocenters. The SMILES string of the molecule is CC(Oc1ccccc1)C(=O)N1CCN(Cc2ccsc2)CC1. The molecule has 2 heterocycles. The van der Waals surface area contributed by atoms with Gasteiger partial charge >= 0.3 is 0 Å². The van der Waals surface area contributed by atoms with Crippen molar-refractivity contribution in [3.63, 3.8) is 0 Å². The Hall–Kier alpha value is -1.85. The average molecular weight is 330 g/mol. The van der Waals surface area contributed by atoms with Gasteiger partial charge in [0.05, 0.1) is 0 Å². The molecular formula is C18H22N2O2S. The molecule has 0 N–H and O–H groups in total. The third kappa shape index (κ3) is 4.33. The Bertz CT molecular complexity index is 607. The topological polar surface area (TPSA) is 32.8 Å². The average Bonchev–Trinajstić information content (AvgIpc) is 3.09. The number of para-hydroxylation sites is 1. The lowest BCUT2D eigenvalue weighted by atomic mass is 10.2. The van der Waals surface area contributed by atoms with Crippen LogP contribution in [0.5, 0.6) is 5.75 Å². The first-order valence-corrected chi connectivity index (χ1v) is 8.90. The summed E-state index contributed by atoms with van der Waals surface area (Å²) in [7, 11) is 0. The Labute approximate surface area is 141 Å². The van der Waals surface area contributed by atoms with Crippen LogP contribution in [0.25, 0.3) is 0 Å². The van der Waals surface area contributed by atoms with Crippen molar-refractivity contribution in [3.05, 3.63) is 52.7 Å². The third-order valence-corrected chi connectivity index (χ3v) is 4.81. The van der Waals surface area contributed by atoms with E-state index in [4.69, 9.17) is 4.74 Å². The van der Waals surface area contributed by atoms with Crippen LogP contribution in [0.3, 0.4) is 0 Å². The van der Waals surface area contributed by atoms with Crippen molar-refractivity contribution >= 4 is 17.2 Å². The van der Waals surface area contributed by atoms with Gasteiger partial charge in [-0.2, -0.15) is 11.3 Å².